The van der Waals surface area contributed by atoms with E-state index in [0.29, 0.717) is 0 Å². The maximum absolute atomic E-state index is 4.13. The quantitative estimate of drug-likeness (QED) is 0.622. The van der Waals surface area contributed by atoms with E-state index in [1.807, 2.05) is 18.2 Å². The normalized spacial score (nSPS) is 9.42. The predicted molar refractivity (Wildman–Crippen MR) is 51.5 cm³/mol. The van der Waals surface area contributed by atoms with Crippen molar-refractivity contribution in [3.63, 3.8) is 0 Å². The van der Waals surface area contributed by atoms with Crippen LogP contribution in [0, 0.1) is 6.92 Å². The third-order valence-corrected chi connectivity index (χ3v) is 1.73. The summed E-state index contributed by atoms with van der Waals surface area (Å²) in [7, 11) is 0. The second-order valence-corrected chi connectivity index (χ2v) is 2.50. The van der Waals surface area contributed by atoms with Gasteiger partial charge in [-0.15, -0.1) is 12.4 Å². The van der Waals surface area contributed by atoms with E-state index >= 15 is 0 Å². The van der Waals surface area contributed by atoms with Gasteiger partial charge in [-0.05, 0) is 30.7 Å². The summed E-state index contributed by atoms with van der Waals surface area (Å²) in [6.45, 7) is 2.06. The first-order chi connectivity index (χ1) is 5.38. The Kier molecular flexibility index (Phi) is 2.61. The van der Waals surface area contributed by atoms with E-state index in [2.05, 4.69) is 16.9 Å². The molecule has 0 atom stereocenters. The second kappa shape index (κ2) is 3.50. The van der Waals surface area contributed by atoms with Crippen molar-refractivity contribution in [3.05, 3.63) is 36.2 Å². The van der Waals surface area contributed by atoms with Crippen LogP contribution >= 0.6 is 12.4 Å². The number of aryl methyl sites for hydroxylation is 1. The van der Waals surface area contributed by atoms with Gasteiger partial charge in [-0.2, -0.15) is 0 Å². The largest absolute Gasteiger partial charge is 0.237 e. The van der Waals surface area contributed by atoms with E-state index in [1.165, 1.54) is 5.56 Å². The molecule has 2 nitrogen and oxygen atoms in total. The van der Waals surface area contributed by atoms with Crippen molar-refractivity contribution in [2.24, 2.45) is 0 Å². The van der Waals surface area contributed by atoms with Gasteiger partial charge in [-0.3, -0.25) is 0 Å². The van der Waals surface area contributed by atoms with Gasteiger partial charge in [0.2, 0.25) is 0 Å². The number of fused-ring (bicyclic) bond motifs is 1. The minimum atomic E-state index is 0. The Morgan fingerprint density at radius 3 is 2.58 bits per heavy atom. The van der Waals surface area contributed by atoms with Crippen molar-refractivity contribution in [3.8, 4) is 0 Å². The van der Waals surface area contributed by atoms with Crippen molar-refractivity contribution < 1.29 is 0 Å². The summed E-state index contributed by atoms with van der Waals surface area (Å²) >= 11 is 0. The molecule has 62 valence electrons. The first-order valence-electron chi connectivity index (χ1n) is 3.54. The molecule has 0 aliphatic rings. The van der Waals surface area contributed by atoms with E-state index in [9.17, 15) is 0 Å². The smallest absolute Gasteiger partial charge is 0.159 e. The fourth-order valence-corrected chi connectivity index (χ4v) is 1.12. The standard InChI is InChI=1S/C9H8N2.ClH/c1-7-4-6-11-9-8(7)3-2-5-10-9;/h2-6H,1H3;1H. The number of pyridine rings is 2. The van der Waals surface area contributed by atoms with Crippen LogP contribution in [0.15, 0.2) is 30.6 Å². The number of aromatic nitrogens is 2. The highest BCUT2D eigenvalue weighted by atomic mass is 35.5. The van der Waals surface area contributed by atoms with Gasteiger partial charge < -0.3 is 0 Å². The fraction of sp³-hybridized carbons (Fsp3) is 0.111. The van der Waals surface area contributed by atoms with Gasteiger partial charge in [0.1, 0.15) is 0 Å². The minimum absolute atomic E-state index is 0. The molecule has 0 spiro atoms. The molecule has 2 heterocycles. The average molecular weight is 181 g/mol. The maximum Gasteiger partial charge on any atom is 0.159 e. The van der Waals surface area contributed by atoms with E-state index in [-0.39, 0.29) is 12.4 Å². The van der Waals surface area contributed by atoms with E-state index in [4.69, 9.17) is 0 Å². The van der Waals surface area contributed by atoms with Crippen LogP contribution in [-0.2, 0) is 0 Å². The zero-order chi connectivity index (χ0) is 7.68. The molecule has 0 N–H and O–H groups in total. The predicted octanol–water partition coefficient (Wildman–Crippen LogP) is 2.36. The molecular weight excluding hydrogens is 172 g/mol. The number of hydrogen-bond donors (Lipinski definition) is 0. The van der Waals surface area contributed by atoms with Crippen LogP contribution < -0.4 is 0 Å². The molecule has 0 radical (unpaired) electrons. The molecule has 0 fully saturated rings. The highest BCUT2D eigenvalue weighted by Crippen LogP contribution is 2.11. The molecule has 12 heavy (non-hydrogen) atoms. The lowest BCUT2D eigenvalue weighted by Gasteiger charge is -1.96. The zero-order valence-electron chi connectivity index (χ0n) is 6.69. The van der Waals surface area contributed by atoms with Crippen LogP contribution in [0.3, 0.4) is 0 Å². The Balaban J connectivity index is 0.000000720. The summed E-state index contributed by atoms with van der Waals surface area (Å²) in [5.41, 5.74) is 2.05. The highest BCUT2D eigenvalue weighted by molar-refractivity contribution is 5.85. The van der Waals surface area contributed by atoms with Gasteiger partial charge in [0, 0.05) is 17.8 Å². The Hall–Kier alpha value is -1.15. The van der Waals surface area contributed by atoms with Gasteiger partial charge in [-0.25, -0.2) is 9.97 Å². The van der Waals surface area contributed by atoms with Crippen molar-refractivity contribution in [1.82, 2.24) is 9.97 Å². The average Bonchev–Trinajstić information content (AvgIpc) is 2.06. The van der Waals surface area contributed by atoms with Crippen molar-refractivity contribution >= 4 is 23.4 Å². The molecule has 3 heteroatoms. The number of hydrogen-bond acceptors (Lipinski definition) is 2. The van der Waals surface area contributed by atoms with Crippen molar-refractivity contribution in [2.75, 3.05) is 0 Å². The zero-order valence-corrected chi connectivity index (χ0v) is 7.51. The van der Waals surface area contributed by atoms with E-state index in [0.717, 1.165) is 11.0 Å². The Morgan fingerprint density at radius 1 is 1.08 bits per heavy atom. The molecule has 0 saturated heterocycles. The van der Waals surface area contributed by atoms with Crippen molar-refractivity contribution in [2.45, 2.75) is 6.92 Å². The lowest BCUT2D eigenvalue weighted by atomic mass is 10.2. The molecule has 0 saturated carbocycles. The van der Waals surface area contributed by atoms with Gasteiger partial charge in [0.05, 0.1) is 0 Å². The third-order valence-electron chi connectivity index (χ3n) is 1.73. The first kappa shape index (κ1) is 8.94. The van der Waals surface area contributed by atoms with Crippen molar-refractivity contribution in [1.29, 1.82) is 0 Å². The number of halogens is 1. The molecule has 0 bridgehead atoms. The van der Waals surface area contributed by atoms with Crippen LogP contribution in [0.1, 0.15) is 5.56 Å². The van der Waals surface area contributed by atoms with E-state index < -0.39 is 0 Å². The van der Waals surface area contributed by atoms with Crippen LogP contribution in [0.4, 0.5) is 0 Å². The van der Waals surface area contributed by atoms with Gasteiger partial charge in [0.25, 0.3) is 0 Å². The van der Waals surface area contributed by atoms with E-state index in [1.54, 1.807) is 12.4 Å². The summed E-state index contributed by atoms with van der Waals surface area (Å²) in [4.78, 5) is 8.26. The molecule has 0 amide bonds. The summed E-state index contributed by atoms with van der Waals surface area (Å²) in [6, 6.07) is 5.95. The first-order valence-corrected chi connectivity index (χ1v) is 3.54. The molecule has 0 aliphatic heterocycles. The molecule has 0 aromatic carbocycles. The van der Waals surface area contributed by atoms with Gasteiger partial charge in [-0.1, -0.05) is 0 Å². The third kappa shape index (κ3) is 1.38. The summed E-state index contributed by atoms with van der Waals surface area (Å²) in [6.07, 6.45) is 3.54. The summed E-state index contributed by atoms with van der Waals surface area (Å²) < 4.78 is 0. The van der Waals surface area contributed by atoms with Crippen LogP contribution in [-0.4, -0.2) is 9.97 Å². The second-order valence-electron chi connectivity index (χ2n) is 2.50. The number of rotatable bonds is 0. The lowest BCUT2D eigenvalue weighted by Crippen LogP contribution is -1.83. The summed E-state index contributed by atoms with van der Waals surface area (Å²) in [5, 5.41) is 1.13. The SMILES string of the molecule is Cc1ccnc2ncccc12.Cl. The molecule has 2 rings (SSSR count). The molecule has 2 aromatic rings. The molecule has 0 unspecified atom stereocenters. The number of nitrogens with zero attached hydrogens (tertiary/aromatic N) is 2. The Bertz CT molecular complexity index is 382. The van der Waals surface area contributed by atoms with Crippen LogP contribution in [0.2, 0.25) is 0 Å². The Morgan fingerprint density at radius 2 is 1.83 bits per heavy atom. The molecule has 2 aromatic heterocycles. The fourth-order valence-electron chi connectivity index (χ4n) is 1.12. The summed E-state index contributed by atoms with van der Waals surface area (Å²) in [5.74, 6) is 0. The molecular formula is C9H9ClN2. The van der Waals surface area contributed by atoms with Crippen LogP contribution in [0.5, 0.6) is 0 Å². The lowest BCUT2D eigenvalue weighted by molar-refractivity contribution is 1.27. The van der Waals surface area contributed by atoms with Gasteiger partial charge >= 0.3 is 0 Å². The maximum atomic E-state index is 4.13. The Labute approximate surface area is 77.1 Å². The topological polar surface area (TPSA) is 25.8 Å². The highest BCUT2D eigenvalue weighted by Gasteiger charge is 1.94. The van der Waals surface area contributed by atoms with Gasteiger partial charge in [0.15, 0.2) is 5.65 Å². The van der Waals surface area contributed by atoms with Crippen LogP contribution in [0.25, 0.3) is 11.0 Å². The monoisotopic (exact) mass is 180 g/mol. The molecule has 0 aliphatic carbocycles. The minimum Gasteiger partial charge on any atom is -0.237 e.